The molecule has 19 heavy (non-hydrogen) atoms. The summed E-state index contributed by atoms with van der Waals surface area (Å²) in [5.74, 6) is 1.91. The minimum atomic E-state index is -0.0935. The predicted octanol–water partition coefficient (Wildman–Crippen LogP) is 4.36. The molecule has 0 amide bonds. The molecule has 2 aliphatic carbocycles. The van der Waals surface area contributed by atoms with Gasteiger partial charge in [-0.25, -0.2) is 4.39 Å². The first kappa shape index (κ1) is 13.4. The van der Waals surface area contributed by atoms with Crippen molar-refractivity contribution in [2.75, 3.05) is 5.75 Å². The van der Waals surface area contributed by atoms with E-state index < -0.39 is 0 Å². The molecular formula is C16H22FNS. The van der Waals surface area contributed by atoms with E-state index in [2.05, 4.69) is 11.4 Å². The Hall–Kier alpha value is -0.540. The first-order valence-electron chi connectivity index (χ1n) is 7.45. The van der Waals surface area contributed by atoms with E-state index >= 15 is 0 Å². The van der Waals surface area contributed by atoms with E-state index in [0.717, 1.165) is 28.7 Å². The number of hydrogen-bond donors (Lipinski definition) is 1. The van der Waals surface area contributed by atoms with Gasteiger partial charge in [-0.3, -0.25) is 0 Å². The molecule has 0 heterocycles. The largest absolute Gasteiger partial charge is 0.310 e. The molecule has 1 aromatic rings. The Morgan fingerprint density at radius 3 is 2.63 bits per heavy atom. The molecule has 0 radical (unpaired) electrons. The zero-order valence-electron chi connectivity index (χ0n) is 11.3. The lowest BCUT2D eigenvalue weighted by Gasteiger charge is -2.10. The predicted molar refractivity (Wildman–Crippen MR) is 78.9 cm³/mol. The van der Waals surface area contributed by atoms with Crippen molar-refractivity contribution in [1.82, 2.24) is 5.32 Å². The van der Waals surface area contributed by atoms with Gasteiger partial charge in [-0.1, -0.05) is 12.8 Å². The number of thioether (sulfide) groups is 1. The topological polar surface area (TPSA) is 12.0 Å². The van der Waals surface area contributed by atoms with E-state index in [1.54, 1.807) is 12.1 Å². The van der Waals surface area contributed by atoms with Gasteiger partial charge in [-0.05, 0) is 55.4 Å². The van der Waals surface area contributed by atoms with E-state index in [9.17, 15) is 4.39 Å². The Labute approximate surface area is 119 Å². The molecule has 2 saturated carbocycles. The van der Waals surface area contributed by atoms with Gasteiger partial charge in [0.25, 0.3) is 0 Å². The molecule has 0 aromatic heterocycles. The third kappa shape index (κ3) is 4.22. The van der Waals surface area contributed by atoms with Crippen LogP contribution in [-0.4, -0.2) is 11.8 Å². The molecule has 104 valence electrons. The van der Waals surface area contributed by atoms with E-state index in [4.69, 9.17) is 0 Å². The zero-order chi connectivity index (χ0) is 13.1. The second-order valence-electron chi connectivity index (χ2n) is 5.91. The fourth-order valence-corrected chi connectivity index (χ4v) is 3.94. The summed E-state index contributed by atoms with van der Waals surface area (Å²) in [6.45, 7) is 0.805. The molecule has 0 bridgehead atoms. The van der Waals surface area contributed by atoms with Crippen LogP contribution in [0.5, 0.6) is 0 Å². The normalized spacial score (nSPS) is 20.1. The number of rotatable bonds is 6. The first-order chi connectivity index (χ1) is 9.29. The number of hydrogen-bond acceptors (Lipinski definition) is 2. The van der Waals surface area contributed by atoms with Gasteiger partial charge in [0.05, 0.1) is 0 Å². The zero-order valence-corrected chi connectivity index (χ0v) is 12.1. The summed E-state index contributed by atoms with van der Waals surface area (Å²) in [7, 11) is 0. The lowest BCUT2D eigenvalue weighted by atomic mass is 10.1. The van der Waals surface area contributed by atoms with Crippen LogP contribution in [-0.2, 0) is 6.54 Å². The third-order valence-corrected chi connectivity index (χ3v) is 5.27. The Balaban J connectivity index is 1.56. The highest BCUT2D eigenvalue weighted by Crippen LogP contribution is 2.31. The Morgan fingerprint density at radius 2 is 1.89 bits per heavy atom. The second kappa shape index (κ2) is 6.27. The van der Waals surface area contributed by atoms with Gasteiger partial charge in [-0.2, -0.15) is 0 Å². The van der Waals surface area contributed by atoms with Crippen molar-refractivity contribution in [3.05, 3.63) is 29.6 Å². The Bertz CT molecular complexity index is 425. The van der Waals surface area contributed by atoms with Gasteiger partial charge in [0.15, 0.2) is 0 Å². The smallest absolute Gasteiger partial charge is 0.124 e. The number of nitrogens with one attached hydrogen (secondary N) is 1. The summed E-state index contributed by atoms with van der Waals surface area (Å²) >= 11 is 1.83. The summed E-state index contributed by atoms with van der Waals surface area (Å²) in [5.41, 5.74) is 1.08. The highest BCUT2D eigenvalue weighted by atomic mass is 32.2. The van der Waals surface area contributed by atoms with E-state index in [1.165, 1.54) is 38.5 Å². The van der Waals surface area contributed by atoms with Crippen LogP contribution in [0.4, 0.5) is 4.39 Å². The van der Waals surface area contributed by atoms with Crippen molar-refractivity contribution in [2.45, 2.75) is 56.0 Å². The van der Waals surface area contributed by atoms with Crippen LogP contribution < -0.4 is 5.32 Å². The van der Waals surface area contributed by atoms with Gasteiger partial charge in [-0.15, -0.1) is 11.8 Å². The molecule has 3 rings (SSSR count). The average Bonchev–Trinajstić information content (AvgIpc) is 3.08. The lowest BCUT2D eigenvalue weighted by Crippen LogP contribution is -2.15. The molecule has 2 fully saturated rings. The van der Waals surface area contributed by atoms with Gasteiger partial charge in [0, 0.05) is 23.2 Å². The molecule has 1 aromatic carbocycles. The maximum Gasteiger partial charge on any atom is 0.124 e. The molecule has 0 aliphatic heterocycles. The quantitative estimate of drug-likeness (QED) is 0.776. The average molecular weight is 279 g/mol. The highest BCUT2D eigenvalue weighted by molar-refractivity contribution is 7.99. The first-order valence-corrected chi connectivity index (χ1v) is 8.44. The molecule has 0 atom stereocenters. The van der Waals surface area contributed by atoms with E-state index in [0.29, 0.717) is 6.04 Å². The minimum Gasteiger partial charge on any atom is -0.310 e. The summed E-state index contributed by atoms with van der Waals surface area (Å²) in [6.07, 6.45) is 8.03. The molecule has 3 heteroatoms. The summed E-state index contributed by atoms with van der Waals surface area (Å²) in [5, 5.41) is 3.45. The molecule has 0 spiro atoms. The van der Waals surface area contributed by atoms with Gasteiger partial charge < -0.3 is 5.32 Å². The van der Waals surface area contributed by atoms with Crippen LogP contribution in [0.3, 0.4) is 0 Å². The van der Waals surface area contributed by atoms with E-state index in [1.807, 2.05) is 11.8 Å². The van der Waals surface area contributed by atoms with Crippen molar-refractivity contribution < 1.29 is 4.39 Å². The van der Waals surface area contributed by atoms with Gasteiger partial charge >= 0.3 is 0 Å². The molecule has 1 N–H and O–H groups in total. The third-order valence-electron chi connectivity index (χ3n) is 4.06. The molecule has 0 unspecified atom stereocenters. The summed E-state index contributed by atoms with van der Waals surface area (Å²) in [4.78, 5) is 1.10. The monoisotopic (exact) mass is 279 g/mol. The highest BCUT2D eigenvalue weighted by Gasteiger charge is 2.20. The maximum absolute atomic E-state index is 13.6. The van der Waals surface area contributed by atoms with Crippen LogP contribution in [0, 0.1) is 11.7 Å². The van der Waals surface area contributed by atoms with Crippen molar-refractivity contribution in [2.24, 2.45) is 5.92 Å². The number of benzene rings is 1. The fraction of sp³-hybridized carbons (Fsp3) is 0.625. The SMILES string of the molecule is Fc1cc(CNC2CC2)cc(SCC2CCCC2)c1. The summed E-state index contributed by atoms with van der Waals surface area (Å²) in [6, 6.07) is 6.17. The molecular weight excluding hydrogens is 257 g/mol. The molecule has 0 saturated heterocycles. The standard InChI is InChI=1S/C16H22FNS/c17-14-7-13(10-18-15-5-6-15)8-16(9-14)19-11-12-3-1-2-4-12/h7-9,12,15,18H,1-6,10-11H2. The Kier molecular flexibility index (Phi) is 4.44. The van der Waals surface area contributed by atoms with Crippen LogP contribution in [0.2, 0.25) is 0 Å². The van der Waals surface area contributed by atoms with Crippen LogP contribution in [0.1, 0.15) is 44.1 Å². The molecule has 2 aliphatic rings. The van der Waals surface area contributed by atoms with Crippen LogP contribution in [0.25, 0.3) is 0 Å². The van der Waals surface area contributed by atoms with Crippen LogP contribution >= 0.6 is 11.8 Å². The van der Waals surface area contributed by atoms with Crippen molar-refractivity contribution >= 4 is 11.8 Å². The van der Waals surface area contributed by atoms with Crippen LogP contribution in [0.15, 0.2) is 23.1 Å². The minimum absolute atomic E-state index is 0.0935. The van der Waals surface area contributed by atoms with Crippen molar-refractivity contribution in [1.29, 1.82) is 0 Å². The van der Waals surface area contributed by atoms with Gasteiger partial charge in [0.2, 0.25) is 0 Å². The van der Waals surface area contributed by atoms with Crippen molar-refractivity contribution in [3.63, 3.8) is 0 Å². The van der Waals surface area contributed by atoms with E-state index in [-0.39, 0.29) is 5.82 Å². The maximum atomic E-state index is 13.6. The van der Waals surface area contributed by atoms with Gasteiger partial charge in [0.1, 0.15) is 5.82 Å². The fourth-order valence-electron chi connectivity index (χ4n) is 2.75. The lowest BCUT2D eigenvalue weighted by molar-refractivity contribution is 0.613. The molecule has 1 nitrogen and oxygen atoms in total. The van der Waals surface area contributed by atoms with Crippen molar-refractivity contribution in [3.8, 4) is 0 Å². The summed E-state index contributed by atoms with van der Waals surface area (Å²) < 4.78 is 13.6. The Morgan fingerprint density at radius 1 is 1.11 bits per heavy atom. The number of halogens is 1. The second-order valence-corrected chi connectivity index (χ2v) is 7.01.